The van der Waals surface area contributed by atoms with Crippen LogP contribution in [0, 0.1) is 17.0 Å². The number of ether oxygens (including phenoxy) is 1. The molecule has 0 bridgehead atoms. The number of aryl methyl sites for hydroxylation is 1. The average molecular weight is 306 g/mol. The highest BCUT2D eigenvalue weighted by molar-refractivity contribution is 6.29. The fourth-order valence-electron chi connectivity index (χ4n) is 1.92. The third-order valence-corrected chi connectivity index (χ3v) is 3.42. The molecule has 1 fully saturated rings. The van der Waals surface area contributed by atoms with Gasteiger partial charge >= 0.3 is 0 Å². The van der Waals surface area contributed by atoms with Gasteiger partial charge in [-0.25, -0.2) is 4.98 Å². The maximum Gasteiger partial charge on any atom is 0.273 e. The molecule has 108 valence electrons. The van der Waals surface area contributed by atoms with E-state index in [4.69, 9.17) is 16.3 Å². The van der Waals surface area contributed by atoms with Crippen molar-refractivity contribution in [3.05, 3.63) is 50.9 Å². The normalized spacial score (nSPS) is 14.0. The average Bonchev–Trinajstić information content (AvgIpc) is 3.24. The number of nitrogens with zero attached hydrogens (tertiary/aromatic N) is 3. The van der Waals surface area contributed by atoms with Gasteiger partial charge in [-0.3, -0.25) is 10.1 Å². The van der Waals surface area contributed by atoms with Gasteiger partial charge in [0.05, 0.1) is 11.0 Å². The summed E-state index contributed by atoms with van der Waals surface area (Å²) in [6.07, 6.45) is 2.10. The summed E-state index contributed by atoms with van der Waals surface area (Å²) in [5, 5.41) is 11.1. The summed E-state index contributed by atoms with van der Waals surface area (Å²) in [5.74, 6) is 1.71. The first kappa shape index (κ1) is 13.8. The Morgan fingerprint density at radius 2 is 2.10 bits per heavy atom. The zero-order valence-corrected chi connectivity index (χ0v) is 12.0. The van der Waals surface area contributed by atoms with Crippen LogP contribution in [0.15, 0.2) is 24.3 Å². The quantitative estimate of drug-likeness (QED) is 0.484. The highest BCUT2D eigenvalue weighted by Crippen LogP contribution is 2.39. The SMILES string of the molecule is Cc1ccc([N+](=O)[O-])cc1Oc1cc(Cl)nc(C2CC2)n1. The van der Waals surface area contributed by atoms with E-state index < -0.39 is 4.92 Å². The van der Waals surface area contributed by atoms with Gasteiger partial charge in [-0.05, 0) is 31.4 Å². The molecule has 0 saturated heterocycles. The van der Waals surface area contributed by atoms with Crippen molar-refractivity contribution in [3.63, 3.8) is 0 Å². The number of aromatic nitrogens is 2. The molecule has 7 heteroatoms. The monoisotopic (exact) mass is 305 g/mol. The standard InChI is InChI=1S/C14H12ClN3O3/c1-8-2-5-10(18(19)20)6-11(8)21-13-7-12(15)16-14(17-13)9-3-4-9/h2,5-7,9H,3-4H2,1H3. The van der Waals surface area contributed by atoms with E-state index >= 15 is 0 Å². The summed E-state index contributed by atoms with van der Waals surface area (Å²) in [6, 6.07) is 5.96. The Morgan fingerprint density at radius 1 is 1.33 bits per heavy atom. The second-order valence-electron chi connectivity index (χ2n) is 4.97. The van der Waals surface area contributed by atoms with Crippen LogP contribution in [0.3, 0.4) is 0 Å². The highest BCUT2D eigenvalue weighted by Gasteiger charge is 2.27. The van der Waals surface area contributed by atoms with Crippen LogP contribution < -0.4 is 4.74 Å². The minimum absolute atomic E-state index is 0.0295. The third kappa shape index (κ3) is 3.11. The Bertz CT molecular complexity index is 717. The van der Waals surface area contributed by atoms with E-state index in [9.17, 15) is 10.1 Å². The zero-order chi connectivity index (χ0) is 15.0. The van der Waals surface area contributed by atoms with E-state index in [1.807, 2.05) is 6.92 Å². The summed E-state index contributed by atoms with van der Waals surface area (Å²) >= 11 is 5.97. The minimum Gasteiger partial charge on any atom is -0.438 e. The van der Waals surface area contributed by atoms with Gasteiger partial charge in [0.15, 0.2) is 0 Å². The van der Waals surface area contributed by atoms with E-state index in [2.05, 4.69) is 9.97 Å². The molecule has 1 aliphatic carbocycles. The van der Waals surface area contributed by atoms with Crippen molar-refractivity contribution in [2.24, 2.45) is 0 Å². The number of halogens is 1. The topological polar surface area (TPSA) is 78.2 Å². The molecule has 0 radical (unpaired) electrons. The van der Waals surface area contributed by atoms with Gasteiger partial charge in [0.1, 0.15) is 16.7 Å². The molecular weight excluding hydrogens is 294 g/mol. The van der Waals surface area contributed by atoms with Gasteiger partial charge in [0.25, 0.3) is 5.69 Å². The smallest absolute Gasteiger partial charge is 0.273 e. The second kappa shape index (κ2) is 5.29. The zero-order valence-electron chi connectivity index (χ0n) is 11.2. The van der Waals surface area contributed by atoms with E-state index in [1.165, 1.54) is 18.2 Å². The number of hydrogen-bond donors (Lipinski definition) is 0. The minimum atomic E-state index is -0.463. The Morgan fingerprint density at radius 3 is 2.76 bits per heavy atom. The van der Waals surface area contributed by atoms with Crippen molar-refractivity contribution >= 4 is 17.3 Å². The lowest BCUT2D eigenvalue weighted by molar-refractivity contribution is -0.384. The molecule has 3 rings (SSSR count). The Hall–Kier alpha value is -2.21. The molecule has 0 spiro atoms. The molecule has 0 N–H and O–H groups in total. The number of nitro groups is 1. The predicted molar refractivity (Wildman–Crippen MR) is 76.9 cm³/mol. The van der Waals surface area contributed by atoms with Crippen molar-refractivity contribution in [3.8, 4) is 11.6 Å². The lowest BCUT2D eigenvalue weighted by Crippen LogP contribution is -1.98. The predicted octanol–water partition coefficient (Wildman–Crippen LogP) is 4.02. The molecule has 1 aromatic carbocycles. The van der Waals surface area contributed by atoms with Gasteiger partial charge < -0.3 is 4.74 Å². The second-order valence-corrected chi connectivity index (χ2v) is 5.36. The number of non-ortho nitro benzene ring substituents is 1. The van der Waals surface area contributed by atoms with Crippen molar-refractivity contribution < 1.29 is 9.66 Å². The number of benzene rings is 1. The third-order valence-electron chi connectivity index (χ3n) is 3.23. The first-order chi connectivity index (χ1) is 10.0. The lowest BCUT2D eigenvalue weighted by atomic mass is 10.2. The molecule has 1 aromatic heterocycles. The molecular formula is C14H12ClN3O3. The number of nitro benzene ring substituents is 1. The van der Waals surface area contributed by atoms with Crippen LogP contribution in [0.5, 0.6) is 11.6 Å². The van der Waals surface area contributed by atoms with E-state index in [0.717, 1.165) is 18.4 Å². The molecule has 0 unspecified atom stereocenters. The highest BCUT2D eigenvalue weighted by atomic mass is 35.5. The lowest BCUT2D eigenvalue weighted by Gasteiger charge is -2.09. The summed E-state index contributed by atoms with van der Waals surface area (Å²) in [6.45, 7) is 1.81. The van der Waals surface area contributed by atoms with Crippen molar-refractivity contribution in [2.45, 2.75) is 25.7 Å². The summed E-state index contributed by atoms with van der Waals surface area (Å²) in [4.78, 5) is 18.9. The molecule has 1 saturated carbocycles. The van der Waals surface area contributed by atoms with Crippen LogP contribution in [0.1, 0.15) is 30.1 Å². The van der Waals surface area contributed by atoms with Crippen LogP contribution in [0.25, 0.3) is 0 Å². The van der Waals surface area contributed by atoms with Gasteiger partial charge in [-0.15, -0.1) is 0 Å². The molecule has 2 aromatic rings. The van der Waals surface area contributed by atoms with Crippen LogP contribution in [0.4, 0.5) is 5.69 Å². The van der Waals surface area contributed by atoms with E-state index in [0.29, 0.717) is 28.5 Å². The van der Waals surface area contributed by atoms with Crippen molar-refractivity contribution in [1.82, 2.24) is 9.97 Å². The van der Waals surface area contributed by atoms with Crippen molar-refractivity contribution in [1.29, 1.82) is 0 Å². The first-order valence-electron chi connectivity index (χ1n) is 6.50. The molecule has 1 aliphatic rings. The summed E-state index contributed by atoms with van der Waals surface area (Å²) < 4.78 is 5.66. The molecule has 0 atom stereocenters. The van der Waals surface area contributed by atoms with Gasteiger partial charge in [0.2, 0.25) is 5.88 Å². The fourth-order valence-corrected chi connectivity index (χ4v) is 2.10. The van der Waals surface area contributed by atoms with Gasteiger partial charge in [0, 0.05) is 18.1 Å². The Balaban J connectivity index is 1.92. The number of hydrogen-bond acceptors (Lipinski definition) is 5. The fraction of sp³-hybridized carbons (Fsp3) is 0.286. The Labute approximate surface area is 125 Å². The Kier molecular flexibility index (Phi) is 3.47. The maximum atomic E-state index is 10.8. The molecule has 1 heterocycles. The number of rotatable bonds is 4. The van der Waals surface area contributed by atoms with E-state index in [1.54, 1.807) is 6.07 Å². The summed E-state index contributed by atoms with van der Waals surface area (Å²) in [5.41, 5.74) is 0.751. The van der Waals surface area contributed by atoms with E-state index in [-0.39, 0.29) is 5.69 Å². The van der Waals surface area contributed by atoms with Crippen molar-refractivity contribution in [2.75, 3.05) is 0 Å². The summed E-state index contributed by atoms with van der Waals surface area (Å²) in [7, 11) is 0. The van der Waals surface area contributed by atoms with Gasteiger partial charge in [-0.1, -0.05) is 11.6 Å². The molecule has 21 heavy (non-hydrogen) atoms. The van der Waals surface area contributed by atoms with Crippen LogP contribution in [-0.2, 0) is 0 Å². The van der Waals surface area contributed by atoms with Crippen LogP contribution in [-0.4, -0.2) is 14.9 Å². The molecule has 6 nitrogen and oxygen atoms in total. The molecule has 0 aliphatic heterocycles. The molecule has 0 amide bonds. The van der Waals surface area contributed by atoms with Crippen LogP contribution in [0.2, 0.25) is 5.15 Å². The largest absolute Gasteiger partial charge is 0.438 e. The first-order valence-corrected chi connectivity index (χ1v) is 6.88. The maximum absolute atomic E-state index is 10.8. The van der Waals surface area contributed by atoms with Gasteiger partial charge in [-0.2, -0.15) is 4.98 Å². The van der Waals surface area contributed by atoms with Crippen LogP contribution >= 0.6 is 11.6 Å².